The summed E-state index contributed by atoms with van der Waals surface area (Å²) in [6.07, 6.45) is 1.33. The van der Waals surface area contributed by atoms with E-state index in [-0.39, 0.29) is 5.56 Å². The van der Waals surface area contributed by atoms with Crippen molar-refractivity contribution < 1.29 is 4.74 Å². The largest absolute Gasteiger partial charge is 0.438 e. The van der Waals surface area contributed by atoms with Gasteiger partial charge in [-0.2, -0.15) is 0 Å². The number of benzene rings is 1. The molecule has 0 spiro atoms. The lowest BCUT2D eigenvalue weighted by Crippen LogP contribution is -2.11. The molecule has 1 N–H and O–H groups in total. The quantitative estimate of drug-likeness (QED) is 0.732. The van der Waals surface area contributed by atoms with E-state index < -0.39 is 0 Å². The van der Waals surface area contributed by atoms with E-state index in [0.29, 0.717) is 15.2 Å². The Hall–Kier alpha value is -0.640. The van der Waals surface area contributed by atoms with Crippen LogP contribution < -0.4 is 10.3 Å². The number of aromatic nitrogens is 2. The van der Waals surface area contributed by atoms with Crippen molar-refractivity contribution in [2.24, 2.45) is 0 Å². The summed E-state index contributed by atoms with van der Waals surface area (Å²) in [5.74, 6) is 0.995. The fourth-order valence-corrected chi connectivity index (χ4v) is 2.00. The summed E-state index contributed by atoms with van der Waals surface area (Å²) < 4.78 is 7.04. The summed E-state index contributed by atoms with van der Waals surface area (Å²) in [5, 5.41) is 0. The minimum absolute atomic E-state index is 0.198. The standard InChI is InChI=1S/C10H6I2N2O2/c11-6-2-1-3-7(4-6)16-10-8(12)9(15)13-5-14-10/h1-5H,(H,13,14,15). The second kappa shape index (κ2) is 5.13. The molecule has 0 amide bonds. The van der Waals surface area contributed by atoms with Crippen molar-refractivity contribution in [2.75, 3.05) is 0 Å². The maximum Gasteiger partial charge on any atom is 0.268 e. The monoisotopic (exact) mass is 440 g/mol. The van der Waals surface area contributed by atoms with E-state index in [9.17, 15) is 4.79 Å². The normalized spacial score (nSPS) is 10.1. The molecule has 0 atom stereocenters. The molecule has 2 aromatic rings. The minimum atomic E-state index is -0.198. The highest BCUT2D eigenvalue weighted by Crippen LogP contribution is 2.22. The summed E-state index contributed by atoms with van der Waals surface area (Å²) in [7, 11) is 0. The van der Waals surface area contributed by atoms with Gasteiger partial charge in [0.15, 0.2) is 0 Å². The molecule has 0 aliphatic rings. The second-order valence-corrected chi connectivity index (χ2v) is 5.23. The number of hydrogen-bond donors (Lipinski definition) is 1. The zero-order chi connectivity index (χ0) is 11.5. The van der Waals surface area contributed by atoms with Crippen LogP contribution in [0.5, 0.6) is 11.6 Å². The van der Waals surface area contributed by atoms with E-state index >= 15 is 0 Å². The smallest absolute Gasteiger partial charge is 0.268 e. The Morgan fingerprint density at radius 1 is 1.31 bits per heavy atom. The van der Waals surface area contributed by atoms with E-state index in [1.165, 1.54) is 6.33 Å². The first-order valence-electron chi connectivity index (χ1n) is 4.33. The van der Waals surface area contributed by atoms with E-state index in [2.05, 4.69) is 32.6 Å². The fourth-order valence-electron chi connectivity index (χ4n) is 1.08. The van der Waals surface area contributed by atoms with Crippen molar-refractivity contribution in [2.45, 2.75) is 0 Å². The van der Waals surface area contributed by atoms with Gasteiger partial charge in [-0.05, 0) is 63.4 Å². The van der Waals surface area contributed by atoms with E-state index in [1.807, 2.05) is 46.9 Å². The fraction of sp³-hybridized carbons (Fsp3) is 0. The Morgan fingerprint density at radius 2 is 2.12 bits per heavy atom. The van der Waals surface area contributed by atoms with Gasteiger partial charge in [0.1, 0.15) is 9.32 Å². The molecule has 1 aromatic heterocycles. The zero-order valence-corrected chi connectivity index (χ0v) is 12.2. The lowest BCUT2D eigenvalue weighted by molar-refractivity contribution is 0.456. The highest BCUT2D eigenvalue weighted by atomic mass is 127. The van der Waals surface area contributed by atoms with Gasteiger partial charge in [0.25, 0.3) is 5.56 Å². The van der Waals surface area contributed by atoms with Crippen LogP contribution in [-0.4, -0.2) is 9.97 Å². The van der Waals surface area contributed by atoms with Crippen molar-refractivity contribution in [1.82, 2.24) is 9.97 Å². The molecule has 4 nitrogen and oxygen atoms in total. The van der Waals surface area contributed by atoms with Gasteiger partial charge < -0.3 is 9.72 Å². The first-order valence-corrected chi connectivity index (χ1v) is 6.49. The van der Waals surface area contributed by atoms with Gasteiger partial charge in [0.05, 0.1) is 6.33 Å². The van der Waals surface area contributed by atoms with Crippen molar-refractivity contribution in [3.8, 4) is 11.6 Å². The van der Waals surface area contributed by atoms with Crippen LogP contribution in [0.25, 0.3) is 0 Å². The first kappa shape index (κ1) is 11.8. The van der Waals surface area contributed by atoms with Crippen LogP contribution in [0.1, 0.15) is 0 Å². The number of hydrogen-bond acceptors (Lipinski definition) is 3. The third kappa shape index (κ3) is 2.73. The molecule has 0 saturated carbocycles. The van der Waals surface area contributed by atoms with Crippen LogP contribution in [0, 0.1) is 7.14 Å². The Labute approximate surface area is 119 Å². The van der Waals surface area contributed by atoms with Gasteiger partial charge in [-0.3, -0.25) is 4.79 Å². The SMILES string of the molecule is O=c1[nH]cnc(Oc2cccc(I)c2)c1I. The molecule has 82 valence electrons. The molecular weight excluding hydrogens is 434 g/mol. The Morgan fingerprint density at radius 3 is 2.88 bits per heavy atom. The van der Waals surface area contributed by atoms with E-state index in [1.54, 1.807) is 0 Å². The topological polar surface area (TPSA) is 55.0 Å². The third-order valence-corrected chi connectivity index (χ3v) is 3.40. The molecule has 1 aromatic carbocycles. The van der Waals surface area contributed by atoms with Gasteiger partial charge in [-0.25, -0.2) is 4.98 Å². The maximum absolute atomic E-state index is 11.3. The van der Waals surface area contributed by atoms with Crippen LogP contribution in [0.3, 0.4) is 0 Å². The average molecular weight is 440 g/mol. The molecule has 2 rings (SSSR count). The summed E-state index contributed by atoms with van der Waals surface area (Å²) in [5.41, 5.74) is -0.198. The molecule has 0 bridgehead atoms. The van der Waals surface area contributed by atoms with Gasteiger partial charge >= 0.3 is 0 Å². The maximum atomic E-state index is 11.3. The molecule has 0 aliphatic heterocycles. The van der Waals surface area contributed by atoms with Gasteiger partial charge in [0, 0.05) is 3.57 Å². The lowest BCUT2D eigenvalue weighted by Gasteiger charge is -2.05. The number of ether oxygens (including phenoxy) is 1. The van der Waals surface area contributed by atoms with Crippen molar-refractivity contribution in [3.05, 3.63) is 48.1 Å². The lowest BCUT2D eigenvalue weighted by atomic mass is 10.3. The number of H-pyrrole nitrogens is 1. The number of halogens is 2. The molecule has 16 heavy (non-hydrogen) atoms. The Bertz CT molecular complexity index is 569. The van der Waals surface area contributed by atoms with Crippen LogP contribution in [0.4, 0.5) is 0 Å². The van der Waals surface area contributed by atoms with Gasteiger partial charge in [0.2, 0.25) is 5.88 Å². The van der Waals surface area contributed by atoms with Crippen molar-refractivity contribution in [1.29, 1.82) is 0 Å². The van der Waals surface area contributed by atoms with Crippen molar-refractivity contribution >= 4 is 45.2 Å². The van der Waals surface area contributed by atoms with Gasteiger partial charge in [-0.15, -0.1) is 0 Å². The predicted molar refractivity (Wildman–Crippen MR) is 76.8 cm³/mol. The molecule has 0 radical (unpaired) electrons. The summed E-state index contributed by atoms with van der Waals surface area (Å²) in [6, 6.07) is 7.54. The van der Waals surface area contributed by atoms with Crippen LogP contribution in [0.2, 0.25) is 0 Å². The molecule has 6 heteroatoms. The van der Waals surface area contributed by atoms with Crippen LogP contribution >= 0.6 is 45.2 Å². The molecule has 0 fully saturated rings. The average Bonchev–Trinajstić information content (AvgIpc) is 2.25. The van der Waals surface area contributed by atoms with E-state index in [0.717, 1.165) is 3.57 Å². The summed E-state index contributed by atoms with van der Waals surface area (Å²) in [6.45, 7) is 0. The summed E-state index contributed by atoms with van der Waals surface area (Å²) in [4.78, 5) is 17.8. The molecule has 0 aliphatic carbocycles. The Kier molecular flexibility index (Phi) is 3.79. The van der Waals surface area contributed by atoms with Crippen molar-refractivity contribution in [3.63, 3.8) is 0 Å². The minimum Gasteiger partial charge on any atom is -0.438 e. The first-order chi connectivity index (χ1) is 7.66. The third-order valence-electron chi connectivity index (χ3n) is 1.78. The van der Waals surface area contributed by atoms with E-state index in [4.69, 9.17) is 4.74 Å². The number of aromatic amines is 1. The molecular formula is C10H6I2N2O2. The summed E-state index contributed by atoms with van der Waals surface area (Å²) >= 11 is 4.10. The van der Waals surface area contributed by atoms with Gasteiger partial charge in [-0.1, -0.05) is 6.07 Å². The molecule has 0 saturated heterocycles. The highest BCUT2D eigenvalue weighted by Gasteiger charge is 2.07. The zero-order valence-electron chi connectivity index (χ0n) is 7.91. The molecule has 1 heterocycles. The second-order valence-electron chi connectivity index (χ2n) is 2.91. The van der Waals surface area contributed by atoms with Crippen LogP contribution in [-0.2, 0) is 0 Å². The number of rotatable bonds is 2. The highest BCUT2D eigenvalue weighted by molar-refractivity contribution is 14.1. The number of nitrogens with one attached hydrogen (secondary N) is 1. The number of nitrogens with zero attached hydrogens (tertiary/aromatic N) is 1. The van der Waals surface area contributed by atoms with Crippen LogP contribution in [0.15, 0.2) is 35.4 Å². The Balaban J connectivity index is 2.34. The predicted octanol–water partition coefficient (Wildman–Crippen LogP) is 2.77. The molecule has 0 unspecified atom stereocenters.